The Hall–Kier alpha value is -1.82. The number of hydrogen-bond donors (Lipinski definition) is 1. The van der Waals surface area contributed by atoms with E-state index in [0.29, 0.717) is 18.3 Å². The lowest BCUT2D eigenvalue weighted by Gasteiger charge is -2.25. The minimum atomic E-state index is -0.281. The van der Waals surface area contributed by atoms with Crippen LogP contribution in [0.2, 0.25) is 0 Å². The van der Waals surface area contributed by atoms with Crippen LogP contribution in [-0.2, 0) is 0 Å². The van der Waals surface area contributed by atoms with Gasteiger partial charge in [0, 0.05) is 31.7 Å². The second-order valence-electron chi connectivity index (χ2n) is 7.21. The second kappa shape index (κ2) is 9.21. The summed E-state index contributed by atoms with van der Waals surface area (Å²) in [5.74, 6) is 1.23. The molecule has 3 rings (SSSR count). The molecule has 2 unspecified atom stereocenters. The zero-order chi connectivity index (χ0) is 18.4. The number of ether oxygens (including phenoxy) is 1. The number of nitrogens with zero attached hydrogens (tertiary/aromatic N) is 3. The molecule has 0 radical (unpaired) electrons. The van der Waals surface area contributed by atoms with Crippen molar-refractivity contribution < 1.29 is 9.13 Å². The van der Waals surface area contributed by atoms with Crippen molar-refractivity contribution >= 4 is 5.96 Å². The molecular weight excluding hydrogens is 331 g/mol. The van der Waals surface area contributed by atoms with Crippen molar-refractivity contribution in [1.82, 2.24) is 15.1 Å². The zero-order valence-electron chi connectivity index (χ0n) is 16.0. The van der Waals surface area contributed by atoms with Crippen molar-refractivity contribution in [2.45, 2.75) is 45.3 Å². The Bertz CT molecular complexity index is 603. The first kappa shape index (κ1) is 19.0. The summed E-state index contributed by atoms with van der Waals surface area (Å²) in [6.07, 6.45) is 3.77. The minimum Gasteiger partial charge on any atom is -0.489 e. The lowest BCUT2D eigenvalue weighted by Crippen LogP contribution is -2.43. The average Bonchev–Trinajstić information content (AvgIpc) is 3.29. The van der Waals surface area contributed by atoms with Crippen molar-refractivity contribution in [2.24, 2.45) is 4.99 Å². The fourth-order valence-electron chi connectivity index (χ4n) is 3.79. The Labute approximate surface area is 156 Å². The Morgan fingerprint density at radius 2 is 2.15 bits per heavy atom. The van der Waals surface area contributed by atoms with E-state index in [9.17, 15) is 4.39 Å². The maximum atomic E-state index is 13.3. The van der Waals surface area contributed by atoms with Crippen molar-refractivity contribution in [3.63, 3.8) is 0 Å². The number of rotatable bonds is 6. The average molecular weight is 362 g/mol. The van der Waals surface area contributed by atoms with Crippen molar-refractivity contribution in [1.29, 1.82) is 0 Å². The third-order valence-corrected chi connectivity index (χ3v) is 5.09. The molecule has 2 fully saturated rings. The van der Waals surface area contributed by atoms with Crippen LogP contribution in [0.1, 0.15) is 33.1 Å². The lowest BCUT2D eigenvalue weighted by molar-refractivity contribution is 0.228. The fourth-order valence-corrected chi connectivity index (χ4v) is 3.79. The lowest BCUT2D eigenvalue weighted by atomic mass is 10.2. The number of hydrogen-bond acceptors (Lipinski definition) is 3. The van der Waals surface area contributed by atoms with Gasteiger partial charge in [-0.2, -0.15) is 0 Å². The summed E-state index contributed by atoms with van der Waals surface area (Å²) in [7, 11) is 0. The van der Waals surface area contributed by atoms with E-state index in [1.54, 1.807) is 12.1 Å². The smallest absolute Gasteiger partial charge is 0.194 e. The van der Waals surface area contributed by atoms with Gasteiger partial charge in [-0.1, -0.05) is 6.07 Å². The first-order valence-corrected chi connectivity index (χ1v) is 9.85. The fraction of sp³-hybridized carbons (Fsp3) is 0.650. The Morgan fingerprint density at radius 3 is 2.88 bits per heavy atom. The molecule has 0 amide bonds. The number of likely N-dealkylation sites (tertiary alicyclic amines) is 2. The molecule has 0 spiro atoms. The third-order valence-electron chi connectivity index (χ3n) is 5.09. The quantitative estimate of drug-likeness (QED) is 0.624. The van der Waals surface area contributed by atoms with Crippen LogP contribution >= 0.6 is 0 Å². The first-order valence-electron chi connectivity index (χ1n) is 9.85. The second-order valence-corrected chi connectivity index (χ2v) is 7.21. The van der Waals surface area contributed by atoms with Crippen molar-refractivity contribution in [3.8, 4) is 5.75 Å². The van der Waals surface area contributed by atoms with Crippen LogP contribution in [0, 0.1) is 5.82 Å². The van der Waals surface area contributed by atoms with E-state index < -0.39 is 0 Å². The molecule has 26 heavy (non-hydrogen) atoms. The third kappa shape index (κ3) is 5.10. The number of halogens is 1. The molecule has 2 saturated heterocycles. The van der Waals surface area contributed by atoms with Gasteiger partial charge in [-0.05, 0) is 58.3 Å². The standard InChI is InChI=1S/C20H31FN4O/c1-3-22-20(25-12-9-18(15-25)24-10-4-5-11-24)23-14-16(2)26-19-8-6-7-17(21)13-19/h6-8,13,16,18H,3-5,9-12,14-15H2,1-2H3,(H,22,23). The van der Waals surface area contributed by atoms with Crippen LogP contribution in [0.4, 0.5) is 4.39 Å². The molecule has 0 aliphatic carbocycles. The maximum absolute atomic E-state index is 13.3. The van der Waals surface area contributed by atoms with Gasteiger partial charge in [0.05, 0.1) is 6.54 Å². The van der Waals surface area contributed by atoms with Gasteiger partial charge in [0.1, 0.15) is 17.7 Å². The summed E-state index contributed by atoms with van der Waals surface area (Å²) < 4.78 is 19.1. The first-order chi connectivity index (χ1) is 12.7. The van der Waals surface area contributed by atoms with Gasteiger partial charge in [0.2, 0.25) is 0 Å². The molecule has 0 saturated carbocycles. The monoisotopic (exact) mass is 362 g/mol. The van der Waals surface area contributed by atoms with Crippen LogP contribution in [0.15, 0.2) is 29.3 Å². The molecule has 1 aromatic carbocycles. The Morgan fingerprint density at radius 1 is 1.35 bits per heavy atom. The number of guanidine groups is 1. The van der Waals surface area contributed by atoms with Gasteiger partial charge in [-0.25, -0.2) is 9.38 Å². The van der Waals surface area contributed by atoms with Crippen LogP contribution in [0.3, 0.4) is 0 Å². The molecule has 6 heteroatoms. The van der Waals surface area contributed by atoms with Crippen molar-refractivity contribution in [2.75, 3.05) is 39.3 Å². The maximum Gasteiger partial charge on any atom is 0.194 e. The highest BCUT2D eigenvalue weighted by atomic mass is 19.1. The number of nitrogens with one attached hydrogen (secondary N) is 1. The van der Waals surface area contributed by atoms with E-state index in [2.05, 4.69) is 22.0 Å². The normalized spacial score (nSPS) is 22.7. The summed E-state index contributed by atoms with van der Waals surface area (Å²) in [4.78, 5) is 9.76. The van der Waals surface area contributed by atoms with Gasteiger partial charge < -0.3 is 15.0 Å². The largest absolute Gasteiger partial charge is 0.489 e. The predicted octanol–water partition coefficient (Wildman–Crippen LogP) is 2.73. The molecule has 2 aliphatic heterocycles. The summed E-state index contributed by atoms with van der Waals surface area (Å²) >= 11 is 0. The zero-order valence-corrected chi connectivity index (χ0v) is 16.0. The van der Waals surface area contributed by atoms with Gasteiger partial charge >= 0.3 is 0 Å². The molecule has 2 heterocycles. The number of benzene rings is 1. The van der Waals surface area contributed by atoms with Gasteiger partial charge in [-0.15, -0.1) is 0 Å². The highest BCUT2D eigenvalue weighted by molar-refractivity contribution is 5.80. The van der Waals surface area contributed by atoms with Gasteiger partial charge in [-0.3, -0.25) is 4.90 Å². The van der Waals surface area contributed by atoms with Crippen LogP contribution in [-0.4, -0.2) is 67.2 Å². The molecule has 5 nitrogen and oxygen atoms in total. The summed E-state index contributed by atoms with van der Waals surface area (Å²) in [5.41, 5.74) is 0. The van der Waals surface area contributed by atoms with E-state index in [-0.39, 0.29) is 11.9 Å². The molecule has 2 aliphatic rings. The topological polar surface area (TPSA) is 40.1 Å². The van der Waals surface area contributed by atoms with E-state index in [1.165, 1.54) is 44.5 Å². The molecular formula is C20H31FN4O. The van der Waals surface area contributed by atoms with Gasteiger partial charge in [0.15, 0.2) is 5.96 Å². The summed E-state index contributed by atoms with van der Waals surface area (Å²) in [6.45, 7) is 10.0. The highest BCUT2D eigenvalue weighted by Crippen LogP contribution is 2.20. The molecule has 1 N–H and O–H groups in total. The van der Waals surface area contributed by atoms with Crippen LogP contribution in [0.25, 0.3) is 0 Å². The van der Waals surface area contributed by atoms with Gasteiger partial charge in [0.25, 0.3) is 0 Å². The minimum absolute atomic E-state index is 0.109. The molecule has 0 bridgehead atoms. The highest BCUT2D eigenvalue weighted by Gasteiger charge is 2.30. The molecule has 1 aromatic rings. The summed E-state index contributed by atoms with van der Waals surface area (Å²) in [6, 6.07) is 6.92. The van der Waals surface area contributed by atoms with E-state index in [0.717, 1.165) is 25.6 Å². The summed E-state index contributed by atoms with van der Waals surface area (Å²) in [5, 5.41) is 3.41. The Kier molecular flexibility index (Phi) is 6.72. The molecule has 144 valence electrons. The van der Waals surface area contributed by atoms with Crippen molar-refractivity contribution in [3.05, 3.63) is 30.1 Å². The Balaban J connectivity index is 1.54. The molecule has 2 atom stereocenters. The van der Waals surface area contributed by atoms with E-state index in [4.69, 9.17) is 9.73 Å². The van der Waals surface area contributed by atoms with Crippen LogP contribution < -0.4 is 10.1 Å². The molecule has 0 aromatic heterocycles. The van der Waals surface area contributed by atoms with E-state index >= 15 is 0 Å². The van der Waals surface area contributed by atoms with Crippen LogP contribution in [0.5, 0.6) is 5.75 Å². The SMILES string of the molecule is CCNC(=NCC(C)Oc1cccc(F)c1)N1CCC(N2CCCC2)C1. The number of aliphatic imine (C=N–C) groups is 1. The van der Waals surface area contributed by atoms with E-state index in [1.807, 2.05) is 6.92 Å². The predicted molar refractivity (Wildman–Crippen MR) is 103 cm³/mol.